The predicted octanol–water partition coefficient (Wildman–Crippen LogP) is 3.90. The number of carbonyl (C=O) groups excluding carboxylic acids is 1. The van der Waals surface area contributed by atoms with Crippen molar-refractivity contribution in [3.63, 3.8) is 0 Å². The van der Waals surface area contributed by atoms with Gasteiger partial charge in [-0.2, -0.15) is 0 Å². The number of nitrogens with two attached hydrogens (primary N) is 2. The highest BCUT2D eigenvalue weighted by Crippen LogP contribution is 2.31. The molecule has 0 aromatic heterocycles. The lowest BCUT2D eigenvalue weighted by molar-refractivity contribution is 0.216. The van der Waals surface area contributed by atoms with E-state index in [9.17, 15) is 4.79 Å². The number of nitrogens with zero attached hydrogens (tertiary/aromatic N) is 2. The summed E-state index contributed by atoms with van der Waals surface area (Å²) in [6.45, 7) is 4.09. The molecule has 0 spiro atoms. The summed E-state index contributed by atoms with van der Waals surface area (Å²) in [5.74, 6) is 12.1. The Morgan fingerprint density at radius 2 is 1.92 bits per heavy atom. The lowest BCUT2D eigenvalue weighted by Gasteiger charge is -2.24. The number of hydrogen-bond donors (Lipinski definition) is 2. The van der Waals surface area contributed by atoms with Gasteiger partial charge in [0.1, 0.15) is 12.4 Å². The van der Waals surface area contributed by atoms with Crippen LogP contribution in [-0.4, -0.2) is 18.1 Å². The van der Waals surface area contributed by atoms with Gasteiger partial charge in [0.25, 0.3) is 0 Å². The molecule has 0 atom stereocenters. The zero-order valence-electron chi connectivity index (χ0n) is 14.2. The zero-order chi connectivity index (χ0) is 18.7. The van der Waals surface area contributed by atoms with Crippen molar-refractivity contribution in [1.29, 1.82) is 0 Å². The molecule has 8 heteroatoms. The summed E-state index contributed by atoms with van der Waals surface area (Å²) in [5.41, 5.74) is 3.07. The average Bonchev–Trinajstić information content (AvgIpc) is 2.56. The van der Waals surface area contributed by atoms with E-state index in [2.05, 4.69) is 15.9 Å². The van der Waals surface area contributed by atoms with Gasteiger partial charge in [-0.1, -0.05) is 33.6 Å². The van der Waals surface area contributed by atoms with Crippen LogP contribution in [0.4, 0.5) is 10.5 Å². The highest BCUT2D eigenvalue weighted by Gasteiger charge is 2.19. The summed E-state index contributed by atoms with van der Waals surface area (Å²) in [6, 6.07) is 8.47. The number of anilines is 1. The van der Waals surface area contributed by atoms with Crippen LogP contribution in [0.1, 0.15) is 16.7 Å². The van der Waals surface area contributed by atoms with Crippen molar-refractivity contribution < 1.29 is 9.53 Å². The van der Waals surface area contributed by atoms with Crippen LogP contribution < -0.4 is 21.4 Å². The third-order valence-electron chi connectivity index (χ3n) is 3.69. The number of hydrogen-bond acceptors (Lipinski definition) is 4. The molecule has 0 radical (unpaired) electrons. The Morgan fingerprint density at radius 3 is 2.56 bits per heavy atom. The Hall–Kier alpha value is -1.80. The second-order valence-corrected chi connectivity index (χ2v) is 6.92. The van der Waals surface area contributed by atoms with Gasteiger partial charge in [0.2, 0.25) is 0 Å². The molecule has 25 heavy (non-hydrogen) atoms. The average molecular weight is 428 g/mol. The molecule has 0 heterocycles. The summed E-state index contributed by atoms with van der Waals surface area (Å²) in [4.78, 5) is 12.0. The minimum atomic E-state index is -0.570. The zero-order valence-corrected chi connectivity index (χ0v) is 16.6. The highest BCUT2D eigenvalue weighted by atomic mass is 79.9. The van der Waals surface area contributed by atoms with Crippen molar-refractivity contribution in [3.8, 4) is 5.75 Å². The third kappa shape index (κ3) is 4.43. The fourth-order valence-electron chi connectivity index (χ4n) is 2.25. The van der Waals surface area contributed by atoms with Crippen molar-refractivity contribution >= 4 is 39.2 Å². The van der Waals surface area contributed by atoms with E-state index in [-0.39, 0.29) is 6.61 Å². The summed E-state index contributed by atoms with van der Waals surface area (Å²) < 4.78 is 6.94. The Balaban J connectivity index is 2.31. The normalized spacial score (nSPS) is 10.5. The molecule has 6 nitrogen and oxygen atoms in total. The molecule has 2 aromatic rings. The molecule has 0 aliphatic rings. The second-order valence-electron chi connectivity index (χ2n) is 5.66. The molecule has 2 amide bonds. The lowest BCUT2D eigenvalue weighted by atomic mass is 10.1. The van der Waals surface area contributed by atoms with Gasteiger partial charge in [-0.25, -0.2) is 21.5 Å². The number of urea groups is 1. The first kappa shape index (κ1) is 19.5. The van der Waals surface area contributed by atoms with Crippen LogP contribution in [0.3, 0.4) is 0 Å². The Labute approximate surface area is 160 Å². The molecule has 0 saturated heterocycles. The van der Waals surface area contributed by atoms with E-state index in [0.717, 1.165) is 31.4 Å². The van der Waals surface area contributed by atoms with E-state index in [1.807, 2.05) is 26.0 Å². The van der Waals surface area contributed by atoms with E-state index in [1.54, 1.807) is 18.2 Å². The van der Waals surface area contributed by atoms with Crippen LogP contribution in [0.25, 0.3) is 0 Å². The number of amides is 2. The predicted molar refractivity (Wildman–Crippen MR) is 103 cm³/mol. The molecule has 0 aliphatic carbocycles. The topological polar surface area (TPSA) is 84.8 Å². The second kappa shape index (κ2) is 8.05. The smallest absolute Gasteiger partial charge is 0.352 e. The molecule has 4 N–H and O–H groups in total. The van der Waals surface area contributed by atoms with Crippen LogP contribution in [0, 0.1) is 13.8 Å². The van der Waals surface area contributed by atoms with Gasteiger partial charge in [-0.15, -0.1) is 0 Å². The number of halogens is 2. The van der Waals surface area contributed by atoms with E-state index in [4.69, 9.17) is 28.0 Å². The van der Waals surface area contributed by atoms with Gasteiger partial charge >= 0.3 is 6.03 Å². The van der Waals surface area contributed by atoms with Crippen molar-refractivity contribution in [1.82, 2.24) is 5.01 Å². The minimum Gasteiger partial charge on any atom is -0.488 e. The van der Waals surface area contributed by atoms with E-state index in [1.165, 1.54) is 7.05 Å². The number of aryl methyl sites for hydroxylation is 2. The number of carbonyl (C=O) groups is 1. The van der Waals surface area contributed by atoms with Crippen molar-refractivity contribution in [2.75, 3.05) is 12.1 Å². The van der Waals surface area contributed by atoms with Crippen LogP contribution in [-0.2, 0) is 6.61 Å². The molecule has 0 bridgehead atoms. The summed E-state index contributed by atoms with van der Waals surface area (Å²) in [7, 11) is 1.41. The highest BCUT2D eigenvalue weighted by molar-refractivity contribution is 9.10. The Bertz CT molecular complexity index is 798. The first-order valence-corrected chi connectivity index (χ1v) is 8.63. The van der Waals surface area contributed by atoms with Gasteiger partial charge in [0, 0.05) is 22.1 Å². The van der Waals surface area contributed by atoms with Gasteiger partial charge in [-0.05, 0) is 49.2 Å². The van der Waals surface area contributed by atoms with Crippen LogP contribution in [0.5, 0.6) is 5.75 Å². The summed E-state index contributed by atoms with van der Waals surface area (Å²) in [6.07, 6.45) is 0. The number of ether oxygens (including phenoxy) is 1. The van der Waals surface area contributed by atoms with E-state index in [0.29, 0.717) is 16.3 Å². The molecule has 0 aliphatic heterocycles. The van der Waals surface area contributed by atoms with Crippen LogP contribution in [0.15, 0.2) is 34.8 Å². The Morgan fingerprint density at radius 1 is 1.24 bits per heavy atom. The molecule has 134 valence electrons. The van der Waals surface area contributed by atoms with E-state index < -0.39 is 6.03 Å². The van der Waals surface area contributed by atoms with Gasteiger partial charge in [-0.3, -0.25) is 5.01 Å². The lowest BCUT2D eigenvalue weighted by Crippen LogP contribution is -2.49. The van der Waals surface area contributed by atoms with Crippen molar-refractivity contribution in [2.24, 2.45) is 11.7 Å². The van der Waals surface area contributed by atoms with Crippen molar-refractivity contribution in [3.05, 3.63) is 56.5 Å². The molecule has 0 fully saturated rings. The maximum Gasteiger partial charge on any atom is 0.352 e. The van der Waals surface area contributed by atoms with Crippen molar-refractivity contribution in [2.45, 2.75) is 20.5 Å². The summed E-state index contributed by atoms with van der Waals surface area (Å²) >= 11 is 9.79. The maximum atomic E-state index is 12.0. The monoisotopic (exact) mass is 426 g/mol. The minimum absolute atomic E-state index is 0.159. The SMILES string of the molecule is Cc1cc(OCc2c(Cl)cccc2N(N)C(=O)N(C)N)c(C)cc1Br. The largest absolute Gasteiger partial charge is 0.488 e. The fraction of sp³-hybridized carbons (Fsp3) is 0.235. The molecule has 0 unspecified atom stereocenters. The standard InChI is InChI=1S/C17H20BrClN4O2/c1-10-8-16(11(2)7-13(10)18)25-9-12-14(19)5-4-6-15(12)23(21)17(24)22(3)20/h4-8H,9,20-21H2,1-3H3. The van der Waals surface area contributed by atoms with Gasteiger partial charge in [0.05, 0.1) is 5.69 Å². The van der Waals surface area contributed by atoms with Gasteiger partial charge in [0.15, 0.2) is 0 Å². The van der Waals surface area contributed by atoms with E-state index >= 15 is 0 Å². The maximum absolute atomic E-state index is 12.0. The molecule has 0 saturated carbocycles. The van der Waals surface area contributed by atoms with Crippen LogP contribution in [0.2, 0.25) is 5.02 Å². The Kier molecular flexibility index (Phi) is 6.29. The first-order chi connectivity index (χ1) is 11.7. The quantitative estimate of drug-likeness (QED) is 0.440. The molecule has 2 rings (SSSR count). The van der Waals surface area contributed by atoms with Gasteiger partial charge < -0.3 is 4.74 Å². The summed E-state index contributed by atoms with van der Waals surface area (Å²) in [5, 5.41) is 2.30. The number of rotatable bonds is 4. The molecular formula is C17H20BrClN4O2. The third-order valence-corrected chi connectivity index (χ3v) is 4.90. The fourth-order valence-corrected chi connectivity index (χ4v) is 2.93. The molecule has 2 aromatic carbocycles. The number of benzene rings is 2. The first-order valence-electron chi connectivity index (χ1n) is 7.46. The molecular weight excluding hydrogens is 408 g/mol. The number of hydrazine groups is 2. The van der Waals surface area contributed by atoms with Crippen LogP contribution >= 0.6 is 27.5 Å².